The van der Waals surface area contributed by atoms with E-state index in [-0.39, 0.29) is 18.2 Å². The Bertz CT molecular complexity index is 793. The first-order valence-electron chi connectivity index (χ1n) is 10.3. The molecule has 30 heavy (non-hydrogen) atoms. The first-order chi connectivity index (χ1) is 14.5. The number of rotatable bonds is 10. The lowest BCUT2D eigenvalue weighted by Gasteiger charge is -2.25. The molecule has 7 heteroatoms. The number of nitrogens with one attached hydrogen (secondary N) is 3. The second-order valence-corrected chi connectivity index (χ2v) is 7.26. The van der Waals surface area contributed by atoms with E-state index in [0.717, 1.165) is 26.1 Å². The molecule has 0 heterocycles. The molecule has 0 aliphatic heterocycles. The molecule has 4 N–H and O–H groups in total. The molecule has 0 radical (unpaired) electrons. The van der Waals surface area contributed by atoms with E-state index in [0.29, 0.717) is 17.7 Å². The van der Waals surface area contributed by atoms with Crippen LogP contribution in [0.1, 0.15) is 25.8 Å². The molecule has 0 bridgehead atoms. The minimum atomic E-state index is -0.214. The fraction of sp³-hybridized carbons (Fsp3) is 0.391. The zero-order chi connectivity index (χ0) is 21.8. The van der Waals surface area contributed by atoms with Crippen LogP contribution in [0.25, 0.3) is 0 Å². The van der Waals surface area contributed by atoms with E-state index >= 15 is 0 Å². The molecule has 0 aliphatic rings. The number of hydrogen-bond donors (Lipinski definition) is 4. The first-order valence-corrected chi connectivity index (χ1v) is 10.3. The summed E-state index contributed by atoms with van der Waals surface area (Å²) in [4.78, 5) is 18.8. The summed E-state index contributed by atoms with van der Waals surface area (Å²) in [7, 11) is 2.13. The van der Waals surface area contributed by atoms with Gasteiger partial charge in [-0.25, -0.2) is 4.99 Å². The highest BCUT2D eigenvalue weighted by Gasteiger charge is 2.10. The van der Waals surface area contributed by atoms with Gasteiger partial charge >= 0.3 is 0 Å². The number of carbonyl (C=O) groups excluding carboxylic acids is 1. The van der Waals surface area contributed by atoms with Gasteiger partial charge in [-0.05, 0) is 57.1 Å². The van der Waals surface area contributed by atoms with Gasteiger partial charge in [-0.2, -0.15) is 0 Å². The Balaban J connectivity index is 1.76. The SMILES string of the molecule is CCNC(=NCC(=O)Nc1ccc(O)cc1)NCCC(C)N(C)Cc1ccccc1. The summed E-state index contributed by atoms with van der Waals surface area (Å²) in [5, 5.41) is 18.5. The van der Waals surface area contributed by atoms with Crippen molar-refractivity contribution in [3.05, 3.63) is 60.2 Å². The summed E-state index contributed by atoms with van der Waals surface area (Å²) in [5.74, 6) is 0.568. The number of anilines is 1. The van der Waals surface area contributed by atoms with E-state index in [1.807, 2.05) is 13.0 Å². The number of amides is 1. The molecular formula is C23H33N5O2. The smallest absolute Gasteiger partial charge is 0.246 e. The molecule has 2 aromatic carbocycles. The number of guanidine groups is 1. The molecule has 1 unspecified atom stereocenters. The predicted molar refractivity (Wildman–Crippen MR) is 123 cm³/mol. The van der Waals surface area contributed by atoms with Gasteiger partial charge in [0, 0.05) is 31.4 Å². The van der Waals surface area contributed by atoms with Crippen molar-refractivity contribution in [3.63, 3.8) is 0 Å². The maximum atomic E-state index is 12.1. The summed E-state index contributed by atoms with van der Waals surface area (Å²) in [6.07, 6.45) is 0.952. The fourth-order valence-electron chi connectivity index (χ4n) is 2.88. The average Bonchev–Trinajstić information content (AvgIpc) is 2.74. The normalized spacial score (nSPS) is 12.5. The maximum Gasteiger partial charge on any atom is 0.246 e. The summed E-state index contributed by atoms with van der Waals surface area (Å²) >= 11 is 0. The minimum Gasteiger partial charge on any atom is -0.508 e. The van der Waals surface area contributed by atoms with Crippen LogP contribution in [0.3, 0.4) is 0 Å². The summed E-state index contributed by atoms with van der Waals surface area (Å²) in [5.41, 5.74) is 1.93. The highest BCUT2D eigenvalue weighted by molar-refractivity contribution is 5.94. The molecular weight excluding hydrogens is 378 g/mol. The third-order valence-electron chi connectivity index (χ3n) is 4.76. The van der Waals surface area contributed by atoms with E-state index in [1.54, 1.807) is 12.1 Å². The van der Waals surface area contributed by atoms with E-state index in [1.165, 1.54) is 17.7 Å². The van der Waals surface area contributed by atoms with Crippen LogP contribution in [0.15, 0.2) is 59.6 Å². The molecule has 0 aromatic heterocycles. The van der Waals surface area contributed by atoms with Crippen LogP contribution >= 0.6 is 0 Å². The van der Waals surface area contributed by atoms with E-state index in [9.17, 15) is 9.90 Å². The number of nitrogens with zero attached hydrogens (tertiary/aromatic N) is 2. The quantitative estimate of drug-likeness (QED) is 0.274. The molecule has 162 valence electrons. The topological polar surface area (TPSA) is 89.0 Å². The van der Waals surface area contributed by atoms with Gasteiger partial charge in [-0.1, -0.05) is 30.3 Å². The number of aromatic hydroxyl groups is 1. The largest absolute Gasteiger partial charge is 0.508 e. The Morgan fingerprint density at radius 1 is 1.10 bits per heavy atom. The van der Waals surface area contributed by atoms with Gasteiger partial charge in [-0.3, -0.25) is 9.69 Å². The van der Waals surface area contributed by atoms with Crippen LogP contribution < -0.4 is 16.0 Å². The Kier molecular flexibility index (Phi) is 9.67. The molecule has 1 amide bonds. The maximum absolute atomic E-state index is 12.1. The van der Waals surface area contributed by atoms with Crippen LogP contribution in [-0.2, 0) is 11.3 Å². The zero-order valence-corrected chi connectivity index (χ0v) is 18.1. The molecule has 7 nitrogen and oxygen atoms in total. The molecule has 1 atom stereocenters. The van der Waals surface area contributed by atoms with Crippen molar-refractivity contribution in [2.75, 3.05) is 32.0 Å². The van der Waals surface area contributed by atoms with Crippen LogP contribution in [0.4, 0.5) is 5.69 Å². The van der Waals surface area contributed by atoms with Gasteiger partial charge in [-0.15, -0.1) is 0 Å². The van der Waals surface area contributed by atoms with Crippen molar-refractivity contribution in [2.45, 2.75) is 32.9 Å². The van der Waals surface area contributed by atoms with Gasteiger partial charge in [0.15, 0.2) is 5.96 Å². The zero-order valence-electron chi connectivity index (χ0n) is 18.1. The van der Waals surface area contributed by atoms with Crippen molar-refractivity contribution in [1.29, 1.82) is 0 Å². The van der Waals surface area contributed by atoms with Crippen molar-refractivity contribution < 1.29 is 9.90 Å². The molecule has 0 aliphatic carbocycles. The second-order valence-electron chi connectivity index (χ2n) is 7.26. The second kappa shape index (κ2) is 12.5. The predicted octanol–water partition coefficient (Wildman–Crippen LogP) is 2.80. The lowest BCUT2D eigenvalue weighted by atomic mass is 10.1. The number of phenols is 1. The highest BCUT2D eigenvalue weighted by atomic mass is 16.3. The summed E-state index contributed by atoms with van der Waals surface area (Å²) in [6, 6.07) is 17.2. The third kappa shape index (κ3) is 8.53. The standard InChI is InChI=1S/C23H33N5O2/c1-4-24-23(26-16-22(30)27-20-10-12-21(29)13-11-20)25-15-14-18(2)28(3)17-19-8-6-5-7-9-19/h5-13,18,29H,4,14-17H2,1-3H3,(H,27,30)(H2,24,25,26). The van der Waals surface area contributed by atoms with Gasteiger partial charge in [0.25, 0.3) is 0 Å². The molecule has 0 spiro atoms. The molecule has 2 rings (SSSR count). The molecule has 2 aromatic rings. The first kappa shape index (κ1) is 23.2. The molecule has 0 saturated carbocycles. The lowest BCUT2D eigenvalue weighted by molar-refractivity contribution is -0.114. The number of benzene rings is 2. The fourth-order valence-corrected chi connectivity index (χ4v) is 2.88. The summed E-state index contributed by atoms with van der Waals surface area (Å²) in [6.45, 7) is 6.59. The Hall–Kier alpha value is -3.06. The van der Waals surface area contributed by atoms with Crippen molar-refractivity contribution >= 4 is 17.6 Å². The van der Waals surface area contributed by atoms with Crippen LogP contribution in [0.5, 0.6) is 5.75 Å². The van der Waals surface area contributed by atoms with Crippen LogP contribution in [0.2, 0.25) is 0 Å². The van der Waals surface area contributed by atoms with Crippen molar-refractivity contribution in [1.82, 2.24) is 15.5 Å². The summed E-state index contributed by atoms with van der Waals surface area (Å²) < 4.78 is 0. The molecule has 0 saturated heterocycles. The Morgan fingerprint density at radius 2 is 1.80 bits per heavy atom. The van der Waals surface area contributed by atoms with Gasteiger partial charge in [0.05, 0.1) is 0 Å². The van der Waals surface area contributed by atoms with Gasteiger partial charge in [0.2, 0.25) is 5.91 Å². The number of carbonyl (C=O) groups is 1. The lowest BCUT2D eigenvalue weighted by Crippen LogP contribution is -2.40. The van der Waals surface area contributed by atoms with Crippen LogP contribution in [0, 0.1) is 0 Å². The van der Waals surface area contributed by atoms with Crippen molar-refractivity contribution in [3.8, 4) is 5.75 Å². The molecule has 0 fully saturated rings. The minimum absolute atomic E-state index is 0.0136. The number of aliphatic imine (C=N–C) groups is 1. The number of hydrogen-bond acceptors (Lipinski definition) is 4. The Morgan fingerprint density at radius 3 is 2.47 bits per heavy atom. The average molecular weight is 412 g/mol. The number of phenolic OH excluding ortho intramolecular Hbond substituents is 1. The highest BCUT2D eigenvalue weighted by Crippen LogP contribution is 2.13. The van der Waals surface area contributed by atoms with Gasteiger partial charge in [0.1, 0.15) is 12.3 Å². The monoisotopic (exact) mass is 411 g/mol. The van der Waals surface area contributed by atoms with Crippen LogP contribution in [-0.4, -0.2) is 54.6 Å². The third-order valence-corrected chi connectivity index (χ3v) is 4.76. The van der Waals surface area contributed by atoms with E-state index in [4.69, 9.17) is 0 Å². The van der Waals surface area contributed by atoms with E-state index < -0.39 is 0 Å². The van der Waals surface area contributed by atoms with E-state index in [2.05, 4.69) is 64.1 Å². The van der Waals surface area contributed by atoms with Gasteiger partial charge < -0.3 is 21.1 Å². The van der Waals surface area contributed by atoms with Crippen molar-refractivity contribution in [2.24, 2.45) is 4.99 Å². The Labute approximate surface area is 179 Å².